The second-order valence-electron chi connectivity index (χ2n) is 4.68. The highest BCUT2D eigenvalue weighted by Gasteiger charge is 2.03. The molecular formula is C15H27N3O3. The number of nitrogens with two attached hydrogens (primary N) is 3. The van der Waals surface area contributed by atoms with Crippen molar-refractivity contribution >= 4 is 0 Å². The van der Waals surface area contributed by atoms with Gasteiger partial charge in [0.25, 0.3) is 0 Å². The molecule has 0 heterocycles. The fourth-order valence-corrected chi connectivity index (χ4v) is 1.91. The average molecular weight is 297 g/mol. The quantitative estimate of drug-likeness (QED) is 0.473. The lowest BCUT2D eigenvalue weighted by Gasteiger charge is -2.11. The summed E-state index contributed by atoms with van der Waals surface area (Å²) in [7, 11) is 0. The Bertz CT molecular complexity index is 319. The summed E-state index contributed by atoms with van der Waals surface area (Å²) >= 11 is 0. The Hall–Kier alpha value is -1.02. The zero-order valence-electron chi connectivity index (χ0n) is 12.6. The lowest BCUT2D eigenvalue weighted by molar-refractivity contribution is 0.120. The Morgan fingerprint density at radius 3 is 1.10 bits per heavy atom. The zero-order valence-corrected chi connectivity index (χ0v) is 12.6. The SMILES string of the molecule is NCCOCc1cc(COCCN)cc(COCCN)c1. The molecule has 0 saturated carbocycles. The minimum absolute atomic E-state index is 0.520. The highest BCUT2D eigenvalue weighted by Crippen LogP contribution is 2.14. The van der Waals surface area contributed by atoms with Gasteiger partial charge in [-0.25, -0.2) is 0 Å². The third-order valence-corrected chi connectivity index (χ3v) is 2.71. The van der Waals surface area contributed by atoms with Crippen LogP contribution in [-0.4, -0.2) is 39.5 Å². The number of hydrogen-bond acceptors (Lipinski definition) is 6. The van der Waals surface area contributed by atoms with E-state index in [1.807, 2.05) is 0 Å². The normalized spacial score (nSPS) is 11.0. The molecule has 6 N–H and O–H groups in total. The summed E-state index contributed by atoms with van der Waals surface area (Å²) in [5.74, 6) is 0. The molecule has 0 saturated heterocycles. The molecule has 0 aromatic heterocycles. The predicted octanol–water partition coefficient (Wildman–Crippen LogP) is 0.113. The third-order valence-electron chi connectivity index (χ3n) is 2.71. The predicted molar refractivity (Wildman–Crippen MR) is 82.6 cm³/mol. The summed E-state index contributed by atoms with van der Waals surface area (Å²) in [4.78, 5) is 0. The lowest BCUT2D eigenvalue weighted by Crippen LogP contribution is -2.10. The molecule has 1 aromatic carbocycles. The van der Waals surface area contributed by atoms with Crippen LogP contribution in [0.15, 0.2) is 18.2 Å². The molecule has 21 heavy (non-hydrogen) atoms. The molecule has 0 unspecified atom stereocenters. The third kappa shape index (κ3) is 8.11. The molecule has 0 bridgehead atoms. The summed E-state index contributed by atoms with van der Waals surface area (Å²) in [5.41, 5.74) is 19.5. The molecule has 0 aliphatic heterocycles. The van der Waals surface area contributed by atoms with Crippen LogP contribution >= 0.6 is 0 Å². The van der Waals surface area contributed by atoms with Gasteiger partial charge in [-0.3, -0.25) is 0 Å². The maximum atomic E-state index is 5.48. The molecule has 0 amide bonds. The molecule has 0 aliphatic carbocycles. The van der Waals surface area contributed by atoms with Gasteiger partial charge in [-0.2, -0.15) is 0 Å². The van der Waals surface area contributed by atoms with E-state index in [1.54, 1.807) is 0 Å². The Morgan fingerprint density at radius 1 is 0.571 bits per heavy atom. The molecule has 0 spiro atoms. The van der Waals surface area contributed by atoms with Crippen molar-refractivity contribution in [3.8, 4) is 0 Å². The Labute approximate surface area is 126 Å². The van der Waals surface area contributed by atoms with Gasteiger partial charge in [-0.15, -0.1) is 0 Å². The fourth-order valence-electron chi connectivity index (χ4n) is 1.91. The van der Waals surface area contributed by atoms with E-state index in [1.165, 1.54) is 0 Å². The first-order chi connectivity index (χ1) is 10.3. The summed E-state index contributed by atoms with van der Waals surface area (Å²) in [5, 5.41) is 0. The maximum Gasteiger partial charge on any atom is 0.0717 e. The first-order valence-corrected chi connectivity index (χ1v) is 7.25. The van der Waals surface area contributed by atoms with Gasteiger partial charge in [0.15, 0.2) is 0 Å². The van der Waals surface area contributed by atoms with Crippen molar-refractivity contribution in [1.29, 1.82) is 0 Å². The standard InChI is InChI=1S/C15H27N3O3/c16-1-4-19-10-13-7-14(11-20-5-2-17)9-15(8-13)12-21-6-3-18/h7-9H,1-6,10-12,16-18H2. The smallest absolute Gasteiger partial charge is 0.0717 e. The van der Waals surface area contributed by atoms with E-state index in [0.29, 0.717) is 59.3 Å². The van der Waals surface area contributed by atoms with Gasteiger partial charge < -0.3 is 31.4 Å². The van der Waals surface area contributed by atoms with E-state index < -0.39 is 0 Å². The van der Waals surface area contributed by atoms with Crippen molar-refractivity contribution in [1.82, 2.24) is 0 Å². The van der Waals surface area contributed by atoms with Crippen molar-refractivity contribution in [2.24, 2.45) is 17.2 Å². The van der Waals surface area contributed by atoms with Crippen LogP contribution in [0.4, 0.5) is 0 Å². The van der Waals surface area contributed by atoms with Crippen molar-refractivity contribution in [2.75, 3.05) is 39.5 Å². The lowest BCUT2D eigenvalue weighted by atomic mass is 10.1. The highest BCUT2D eigenvalue weighted by molar-refractivity contribution is 5.29. The molecule has 6 nitrogen and oxygen atoms in total. The van der Waals surface area contributed by atoms with Crippen molar-refractivity contribution in [2.45, 2.75) is 19.8 Å². The van der Waals surface area contributed by atoms with E-state index in [4.69, 9.17) is 31.4 Å². The molecule has 6 heteroatoms. The molecule has 0 aliphatic rings. The number of ether oxygens (including phenoxy) is 3. The van der Waals surface area contributed by atoms with Crippen LogP contribution < -0.4 is 17.2 Å². The monoisotopic (exact) mass is 297 g/mol. The Morgan fingerprint density at radius 2 is 0.857 bits per heavy atom. The fraction of sp³-hybridized carbons (Fsp3) is 0.600. The Balaban J connectivity index is 2.65. The number of hydrogen-bond donors (Lipinski definition) is 3. The average Bonchev–Trinajstić information content (AvgIpc) is 2.48. The van der Waals surface area contributed by atoms with Crippen molar-refractivity contribution < 1.29 is 14.2 Å². The van der Waals surface area contributed by atoms with Gasteiger partial charge in [0.1, 0.15) is 0 Å². The van der Waals surface area contributed by atoms with Crippen LogP contribution in [0.5, 0.6) is 0 Å². The van der Waals surface area contributed by atoms with Gasteiger partial charge in [0, 0.05) is 19.6 Å². The maximum absolute atomic E-state index is 5.48. The molecule has 1 rings (SSSR count). The molecular weight excluding hydrogens is 270 g/mol. The van der Waals surface area contributed by atoms with Gasteiger partial charge in [-0.1, -0.05) is 18.2 Å². The summed E-state index contributed by atoms with van der Waals surface area (Å²) in [6.07, 6.45) is 0. The molecule has 0 atom stereocenters. The van der Waals surface area contributed by atoms with Crippen LogP contribution in [0.25, 0.3) is 0 Å². The second kappa shape index (κ2) is 11.6. The summed E-state index contributed by atoms with van der Waals surface area (Å²) < 4.78 is 16.5. The minimum atomic E-state index is 0.520. The first-order valence-electron chi connectivity index (χ1n) is 7.25. The number of rotatable bonds is 12. The summed E-state index contributed by atoms with van der Waals surface area (Å²) in [6.45, 7) is 4.81. The van der Waals surface area contributed by atoms with Crippen LogP contribution in [0.3, 0.4) is 0 Å². The highest BCUT2D eigenvalue weighted by atomic mass is 16.5. The summed E-state index contributed by atoms with van der Waals surface area (Å²) in [6, 6.07) is 6.21. The molecule has 120 valence electrons. The van der Waals surface area contributed by atoms with Gasteiger partial charge >= 0.3 is 0 Å². The zero-order chi connectivity index (χ0) is 15.3. The van der Waals surface area contributed by atoms with Gasteiger partial charge in [-0.05, 0) is 16.7 Å². The van der Waals surface area contributed by atoms with Crippen LogP contribution in [0.1, 0.15) is 16.7 Å². The van der Waals surface area contributed by atoms with Crippen molar-refractivity contribution in [3.05, 3.63) is 34.9 Å². The molecule has 0 radical (unpaired) electrons. The van der Waals surface area contributed by atoms with Crippen LogP contribution in [0.2, 0.25) is 0 Å². The van der Waals surface area contributed by atoms with Crippen LogP contribution in [0, 0.1) is 0 Å². The van der Waals surface area contributed by atoms with E-state index >= 15 is 0 Å². The van der Waals surface area contributed by atoms with Crippen LogP contribution in [-0.2, 0) is 34.0 Å². The number of benzene rings is 1. The minimum Gasteiger partial charge on any atom is -0.375 e. The van der Waals surface area contributed by atoms with E-state index in [9.17, 15) is 0 Å². The van der Waals surface area contributed by atoms with E-state index in [0.717, 1.165) is 16.7 Å². The Kier molecular flexibility index (Phi) is 9.98. The topological polar surface area (TPSA) is 106 Å². The van der Waals surface area contributed by atoms with E-state index in [-0.39, 0.29) is 0 Å². The van der Waals surface area contributed by atoms with Crippen molar-refractivity contribution in [3.63, 3.8) is 0 Å². The largest absolute Gasteiger partial charge is 0.375 e. The van der Waals surface area contributed by atoms with Gasteiger partial charge in [0.2, 0.25) is 0 Å². The van der Waals surface area contributed by atoms with E-state index in [2.05, 4.69) is 18.2 Å². The van der Waals surface area contributed by atoms with Gasteiger partial charge in [0.05, 0.1) is 39.6 Å². The molecule has 0 fully saturated rings. The first kappa shape index (κ1) is 18.0. The molecule has 1 aromatic rings. The second-order valence-corrected chi connectivity index (χ2v) is 4.68.